The second-order valence-corrected chi connectivity index (χ2v) is 6.61. The highest BCUT2D eigenvalue weighted by molar-refractivity contribution is 5.81. The van der Waals surface area contributed by atoms with Gasteiger partial charge in [-0.05, 0) is 56.4 Å². The summed E-state index contributed by atoms with van der Waals surface area (Å²) in [6, 6.07) is 7.89. The Labute approximate surface area is 147 Å². The maximum absolute atomic E-state index is 12.4. The molecule has 2 aromatic rings. The second kappa shape index (κ2) is 6.88. The van der Waals surface area contributed by atoms with Gasteiger partial charge >= 0.3 is 0 Å². The highest BCUT2D eigenvalue weighted by Crippen LogP contribution is 2.31. The van der Waals surface area contributed by atoms with Gasteiger partial charge in [0, 0.05) is 17.9 Å². The van der Waals surface area contributed by atoms with E-state index in [1.165, 1.54) is 5.69 Å². The second-order valence-electron chi connectivity index (χ2n) is 6.61. The van der Waals surface area contributed by atoms with Crippen LogP contribution in [0.4, 0.5) is 0 Å². The van der Waals surface area contributed by atoms with Crippen molar-refractivity contribution in [2.75, 3.05) is 13.7 Å². The van der Waals surface area contributed by atoms with Crippen LogP contribution in [0.15, 0.2) is 30.5 Å². The van der Waals surface area contributed by atoms with Crippen molar-refractivity contribution in [2.45, 2.75) is 44.2 Å². The zero-order chi connectivity index (χ0) is 17.2. The smallest absolute Gasteiger partial charge is 0.249 e. The fourth-order valence-corrected chi connectivity index (χ4v) is 3.70. The third-order valence-electron chi connectivity index (χ3n) is 5.04. The lowest BCUT2D eigenvalue weighted by molar-refractivity contribution is -0.130. The van der Waals surface area contributed by atoms with Crippen LogP contribution in [0.25, 0.3) is 5.69 Å². The van der Waals surface area contributed by atoms with Crippen molar-refractivity contribution in [3.63, 3.8) is 0 Å². The minimum Gasteiger partial charge on any atom is -0.497 e. The van der Waals surface area contributed by atoms with Crippen LogP contribution < -0.4 is 10.1 Å². The molecule has 6 heteroatoms. The van der Waals surface area contributed by atoms with E-state index >= 15 is 0 Å². The standard InChI is InChI=1S/C19H23N3O3/c1-24-14-9-7-13(8-10-14)22-17-5-2-4-16(15(17)12-20-22)21-19(23)18-6-3-11-25-18/h7-10,12,16,18H,2-6,11H2,1H3,(H,21,23). The molecule has 0 saturated carbocycles. The molecule has 1 amide bonds. The van der Waals surface area contributed by atoms with Gasteiger partial charge in [0.05, 0.1) is 25.0 Å². The lowest BCUT2D eigenvalue weighted by Gasteiger charge is -2.25. The zero-order valence-corrected chi connectivity index (χ0v) is 14.4. The minimum absolute atomic E-state index is 0.00699. The van der Waals surface area contributed by atoms with E-state index in [-0.39, 0.29) is 18.1 Å². The number of methoxy groups -OCH3 is 1. The lowest BCUT2D eigenvalue weighted by Crippen LogP contribution is -2.38. The molecular formula is C19H23N3O3. The van der Waals surface area contributed by atoms with E-state index < -0.39 is 0 Å². The number of rotatable bonds is 4. The monoisotopic (exact) mass is 341 g/mol. The Hall–Kier alpha value is -2.34. The Morgan fingerprint density at radius 1 is 1.28 bits per heavy atom. The summed E-state index contributed by atoms with van der Waals surface area (Å²) in [6.07, 6.45) is 6.32. The molecule has 1 fully saturated rings. The molecule has 2 unspecified atom stereocenters. The summed E-state index contributed by atoms with van der Waals surface area (Å²) in [6.45, 7) is 0.684. The molecule has 4 rings (SSSR count). The average Bonchev–Trinajstić information content (AvgIpc) is 3.32. The number of nitrogens with one attached hydrogen (secondary N) is 1. The summed E-state index contributed by atoms with van der Waals surface area (Å²) in [5.74, 6) is 0.832. The van der Waals surface area contributed by atoms with Gasteiger partial charge in [-0.15, -0.1) is 0 Å². The van der Waals surface area contributed by atoms with Gasteiger partial charge in [-0.2, -0.15) is 5.10 Å². The number of nitrogens with zero attached hydrogens (tertiary/aromatic N) is 2. The van der Waals surface area contributed by atoms with Crippen LogP contribution in [0.5, 0.6) is 5.75 Å². The van der Waals surface area contributed by atoms with E-state index in [1.54, 1.807) is 7.11 Å². The normalized spacial score (nSPS) is 22.4. The van der Waals surface area contributed by atoms with Gasteiger partial charge in [-0.1, -0.05) is 0 Å². The van der Waals surface area contributed by atoms with E-state index in [0.29, 0.717) is 6.61 Å². The highest BCUT2D eigenvalue weighted by Gasteiger charge is 2.30. The minimum atomic E-state index is -0.290. The Morgan fingerprint density at radius 3 is 2.84 bits per heavy atom. The van der Waals surface area contributed by atoms with Crippen LogP contribution in [0.1, 0.15) is 43.0 Å². The molecule has 0 spiro atoms. The number of carbonyl (C=O) groups excluding carboxylic acids is 1. The Kier molecular flexibility index (Phi) is 4.44. The molecule has 1 N–H and O–H groups in total. The fourth-order valence-electron chi connectivity index (χ4n) is 3.70. The maximum Gasteiger partial charge on any atom is 0.249 e. The maximum atomic E-state index is 12.4. The van der Waals surface area contributed by atoms with Crippen LogP contribution >= 0.6 is 0 Å². The molecule has 2 aliphatic rings. The first-order chi connectivity index (χ1) is 12.3. The van der Waals surface area contributed by atoms with Gasteiger partial charge in [-0.3, -0.25) is 4.79 Å². The van der Waals surface area contributed by atoms with Crippen molar-refractivity contribution >= 4 is 5.91 Å². The number of fused-ring (bicyclic) bond motifs is 1. The average molecular weight is 341 g/mol. The number of benzene rings is 1. The molecule has 0 radical (unpaired) electrons. The molecule has 2 heterocycles. The van der Waals surface area contributed by atoms with Gasteiger partial charge in [0.1, 0.15) is 11.9 Å². The van der Waals surface area contributed by atoms with Gasteiger partial charge in [-0.25, -0.2) is 4.68 Å². The summed E-state index contributed by atoms with van der Waals surface area (Å²) in [5, 5.41) is 7.73. The number of carbonyl (C=O) groups is 1. The van der Waals surface area contributed by atoms with Crippen molar-refractivity contribution in [2.24, 2.45) is 0 Å². The molecule has 1 aromatic carbocycles. The van der Waals surface area contributed by atoms with Crippen molar-refractivity contribution < 1.29 is 14.3 Å². The first-order valence-corrected chi connectivity index (χ1v) is 8.89. The van der Waals surface area contributed by atoms with Crippen LogP contribution in [0.2, 0.25) is 0 Å². The Morgan fingerprint density at radius 2 is 2.12 bits per heavy atom. The number of hydrogen-bond donors (Lipinski definition) is 1. The zero-order valence-electron chi connectivity index (χ0n) is 14.4. The van der Waals surface area contributed by atoms with Gasteiger partial charge in [0.15, 0.2) is 0 Å². The molecule has 25 heavy (non-hydrogen) atoms. The first-order valence-electron chi connectivity index (χ1n) is 8.89. The van der Waals surface area contributed by atoms with Gasteiger partial charge < -0.3 is 14.8 Å². The van der Waals surface area contributed by atoms with Gasteiger partial charge in [0.2, 0.25) is 5.91 Å². The molecular weight excluding hydrogens is 318 g/mol. The molecule has 132 valence electrons. The summed E-state index contributed by atoms with van der Waals surface area (Å²) < 4.78 is 12.7. The van der Waals surface area contributed by atoms with E-state index in [9.17, 15) is 4.79 Å². The molecule has 1 aliphatic carbocycles. The molecule has 1 aromatic heterocycles. The summed E-state index contributed by atoms with van der Waals surface area (Å²) in [4.78, 5) is 12.4. The lowest BCUT2D eigenvalue weighted by atomic mass is 9.92. The SMILES string of the molecule is COc1ccc(-n2ncc3c2CCCC3NC(=O)C2CCCO2)cc1. The summed E-state index contributed by atoms with van der Waals surface area (Å²) in [7, 11) is 1.66. The number of hydrogen-bond acceptors (Lipinski definition) is 4. The highest BCUT2D eigenvalue weighted by atomic mass is 16.5. The van der Waals surface area contributed by atoms with E-state index in [4.69, 9.17) is 9.47 Å². The van der Waals surface area contributed by atoms with Crippen LogP contribution in [0.3, 0.4) is 0 Å². The predicted molar refractivity (Wildman–Crippen MR) is 92.9 cm³/mol. The van der Waals surface area contributed by atoms with Gasteiger partial charge in [0.25, 0.3) is 0 Å². The predicted octanol–water partition coefficient (Wildman–Crippen LogP) is 2.55. The quantitative estimate of drug-likeness (QED) is 0.928. The first kappa shape index (κ1) is 16.1. The van der Waals surface area contributed by atoms with E-state index in [1.807, 2.05) is 35.1 Å². The fraction of sp³-hybridized carbons (Fsp3) is 0.474. The molecule has 2 atom stereocenters. The Balaban J connectivity index is 1.56. The van der Waals surface area contributed by atoms with Crippen LogP contribution in [-0.4, -0.2) is 35.5 Å². The molecule has 1 aliphatic heterocycles. The third-order valence-corrected chi connectivity index (χ3v) is 5.04. The number of aromatic nitrogens is 2. The van der Waals surface area contributed by atoms with Crippen molar-refractivity contribution in [1.82, 2.24) is 15.1 Å². The van der Waals surface area contributed by atoms with Crippen LogP contribution in [-0.2, 0) is 16.0 Å². The van der Waals surface area contributed by atoms with Crippen molar-refractivity contribution in [3.05, 3.63) is 41.7 Å². The van der Waals surface area contributed by atoms with Crippen molar-refractivity contribution in [1.29, 1.82) is 0 Å². The number of ether oxygens (including phenoxy) is 2. The molecule has 1 saturated heterocycles. The third kappa shape index (κ3) is 3.14. The summed E-state index contributed by atoms with van der Waals surface area (Å²) >= 11 is 0. The topological polar surface area (TPSA) is 65.4 Å². The van der Waals surface area contributed by atoms with Crippen molar-refractivity contribution in [3.8, 4) is 11.4 Å². The molecule has 0 bridgehead atoms. The van der Waals surface area contributed by atoms with Crippen LogP contribution in [0, 0.1) is 0 Å². The largest absolute Gasteiger partial charge is 0.497 e. The number of amides is 1. The van der Waals surface area contributed by atoms with E-state index in [0.717, 1.165) is 49.1 Å². The summed E-state index contributed by atoms with van der Waals surface area (Å²) in [5.41, 5.74) is 3.30. The Bertz CT molecular complexity index is 748. The molecule has 6 nitrogen and oxygen atoms in total. The van der Waals surface area contributed by atoms with E-state index in [2.05, 4.69) is 10.4 Å².